The van der Waals surface area contributed by atoms with Gasteiger partial charge in [0.05, 0.1) is 7.11 Å². The van der Waals surface area contributed by atoms with Crippen LogP contribution in [0.15, 0.2) is 47.3 Å². The van der Waals surface area contributed by atoms with Gasteiger partial charge < -0.3 is 24.5 Å². The number of fused-ring (bicyclic) bond motifs is 2. The van der Waals surface area contributed by atoms with E-state index in [0.717, 1.165) is 16.5 Å². The Hall–Kier alpha value is -3.48. The topological polar surface area (TPSA) is 89.7 Å². The van der Waals surface area contributed by atoms with E-state index < -0.39 is 0 Å². The molecule has 0 radical (unpaired) electrons. The Morgan fingerprint density at radius 3 is 2.86 bits per heavy atom. The minimum absolute atomic E-state index is 0.122. The molecule has 0 unspecified atom stereocenters. The van der Waals surface area contributed by atoms with Crippen molar-refractivity contribution in [1.82, 2.24) is 10.3 Å². The van der Waals surface area contributed by atoms with Crippen LogP contribution in [0.5, 0.6) is 17.2 Å². The second-order valence-corrected chi connectivity index (χ2v) is 6.54. The van der Waals surface area contributed by atoms with Crippen LogP contribution in [0.1, 0.15) is 17.5 Å². The highest BCUT2D eigenvalue weighted by Gasteiger charge is 2.13. The largest absolute Gasteiger partial charge is 0.497 e. The molecule has 0 bridgehead atoms. The van der Waals surface area contributed by atoms with E-state index in [2.05, 4.69) is 10.3 Å². The van der Waals surface area contributed by atoms with Gasteiger partial charge in [-0.15, -0.1) is 0 Å². The number of pyridine rings is 1. The number of carbonyl (C=O) groups is 1. The number of hydrogen-bond acceptors (Lipinski definition) is 5. The highest BCUT2D eigenvalue weighted by Crippen LogP contribution is 2.32. The van der Waals surface area contributed by atoms with Crippen LogP contribution >= 0.6 is 0 Å². The van der Waals surface area contributed by atoms with Gasteiger partial charge in [0.25, 0.3) is 5.56 Å². The standard InChI is InChI=1S/C21H20N2O5/c1-26-16-4-5-17-15(10-16)9-14(21(25)23-17)3-7-20(24)22-11-13-2-6-18-19(8-13)28-12-27-18/h2,4-6,8-10H,3,7,11-12H2,1H3,(H,22,24)(H,23,25). The molecule has 4 rings (SSSR count). The van der Waals surface area contributed by atoms with Gasteiger partial charge in [-0.05, 0) is 48.4 Å². The van der Waals surface area contributed by atoms with E-state index in [1.54, 1.807) is 19.2 Å². The fraction of sp³-hybridized carbons (Fsp3) is 0.238. The predicted octanol–water partition coefficient (Wildman–Crippen LogP) is 2.51. The number of aromatic nitrogens is 1. The Labute approximate surface area is 161 Å². The molecule has 1 aliphatic heterocycles. The molecule has 1 aliphatic rings. The fourth-order valence-corrected chi connectivity index (χ4v) is 3.13. The number of aromatic amines is 1. The molecule has 1 aromatic heterocycles. The number of aryl methyl sites for hydroxylation is 1. The maximum Gasteiger partial charge on any atom is 0.251 e. The summed E-state index contributed by atoms with van der Waals surface area (Å²) in [7, 11) is 1.60. The minimum atomic E-state index is -0.179. The number of ether oxygens (including phenoxy) is 3. The van der Waals surface area contributed by atoms with Gasteiger partial charge in [-0.2, -0.15) is 0 Å². The van der Waals surface area contributed by atoms with Crippen LogP contribution in [0.25, 0.3) is 10.9 Å². The average Bonchev–Trinajstić information content (AvgIpc) is 3.18. The Balaban J connectivity index is 1.37. The van der Waals surface area contributed by atoms with E-state index in [1.807, 2.05) is 30.3 Å². The third-order valence-corrected chi connectivity index (χ3v) is 4.68. The molecule has 7 heteroatoms. The van der Waals surface area contributed by atoms with E-state index in [0.29, 0.717) is 35.8 Å². The van der Waals surface area contributed by atoms with Crippen LogP contribution in [0.2, 0.25) is 0 Å². The van der Waals surface area contributed by atoms with Gasteiger partial charge in [0.1, 0.15) is 5.75 Å². The molecular formula is C21H20N2O5. The molecule has 0 atom stereocenters. The van der Waals surface area contributed by atoms with Gasteiger partial charge in [0, 0.05) is 29.4 Å². The number of benzene rings is 2. The van der Waals surface area contributed by atoms with Crippen LogP contribution in [-0.4, -0.2) is 24.8 Å². The van der Waals surface area contributed by atoms with E-state index in [9.17, 15) is 9.59 Å². The zero-order valence-corrected chi connectivity index (χ0v) is 15.4. The van der Waals surface area contributed by atoms with Crippen LogP contribution < -0.4 is 25.1 Å². The molecule has 0 aliphatic carbocycles. The van der Waals surface area contributed by atoms with Crippen molar-refractivity contribution in [2.24, 2.45) is 0 Å². The number of H-pyrrole nitrogens is 1. The summed E-state index contributed by atoms with van der Waals surface area (Å²) in [6, 6.07) is 12.8. The number of nitrogens with one attached hydrogen (secondary N) is 2. The Bertz CT molecular complexity index is 1090. The number of hydrogen-bond donors (Lipinski definition) is 2. The highest BCUT2D eigenvalue weighted by molar-refractivity contribution is 5.81. The second kappa shape index (κ2) is 7.64. The second-order valence-electron chi connectivity index (χ2n) is 6.54. The van der Waals surface area contributed by atoms with E-state index >= 15 is 0 Å². The molecule has 2 aromatic carbocycles. The first kappa shape index (κ1) is 17.9. The van der Waals surface area contributed by atoms with Crippen LogP contribution in [0, 0.1) is 0 Å². The Morgan fingerprint density at radius 1 is 1.14 bits per heavy atom. The third kappa shape index (κ3) is 3.78. The monoisotopic (exact) mass is 380 g/mol. The lowest BCUT2D eigenvalue weighted by molar-refractivity contribution is -0.121. The zero-order chi connectivity index (χ0) is 19.5. The fourth-order valence-electron chi connectivity index (χ4n) is 3.13. The Kier molecular flexibility index (Phi) is 4.89. The highest BCUT2D eigenvalue weighted by atomic mass is 16.7. The predicted molar refractivity (Wildman–Crippen MR) is 104 cm³/mol. The molecule has 2 heterocycles. The number of amides is 1. The minimum Gasteiger partial charge on any atom is -0.497 e. The summed E-state index contributed by atoms with van der Waals surface area (Å²) in [6.07, 6.45) is 0.582. The van der Waals surface area contributed by atoms with Crippen LogP contribution in [0.4, 0.5) is 0 Å². The van der Waals surface area contributed by atoms with E-state index in [4.69, 9.17) is 14.2 Å². The summed E-state index contributed by atoms with van der Waals surface area (Å²) in [4.78, 5) is 27.3. The van der Waals surface area contributed by atoms with Gasteiger partial charge >= 0.3 is 0 Å². The average molecular weight is 380 g/mol. The summed E-state index contributed by atoms with van der Waals surface area (Å²) in [5.41, 5.74) is 2.05. The SMILES string of the molecule is COc1ccc2[nH]c(=O)c(CCC(=O)NCc3ccc4c(c3)OCO4)cc2c1. The summed E-state index contributed by atoms with van der Waals surface area (Å²) in [5, 5.41) is 3.74. The lowest BCUT2D eigenvalue weighted by Crippen LogP contribution is -2.24. The maximum absolute atomic E-state index is 12.2. The van der Waals surface area contributed by atoms with Crippen molar-refractivity contribution in [2.75, 3.05) is 13.9 Å². The van der Waals surface area contributed by atoms with Gasteiger partial charge in [-0.3, -0.25) is 9.59 Å². The molecule has 2 N–H and O–H groups in total. The van der Waals surface area contributed by atoms with Crippen molar-refractivity contribution in [1.29, 1.82) is 0 Å². The molecule has 0 fully saturated rings. The van der Waals surface area contributed by atoms with Crippen LogP contribution in [0.3, 0.4) is 0 Å². The molecule has 0 spiro atoms. The number of methoxy groups -OCH3 is 1. The van der Waals surface area contributed by atoms with Gasteiger partial charge in [-0.25, -0.2) is 0 Å². The maximum atomic E-state index is 12.2. The van der Waals surface area contributed by atoms with Crippen LogP contribution in [-0.2, 0) is 17.8 Å². The summed E-state index contributed by atoms with van der Waals surface area (Å²) in [6.45, 7) is 0.609. The van der Waals surface area contributed by atoms with Gasteiger partial charge in [-0.1, -0.05) is 6.07 Å². The van der Waals surface area contributed by atoms with Crippen molar-refractivity contribution < 1.29 is 19.0 Å². The smallest absolute Gasteiger partial charge is 0.251 e. The molecular weight excluding hydrogens is 360 g/mol. The first-order valence-electron chi connectivity index (χ1n) is 8.97. The summed E-state index contributed by atoms with van der Waals surface area (Å²) < 4.78 is 15.8. The van der Waals surface area contributed by atoms with Crippen molar-refractivity contribution in [3.05, 3.63) is 63.9 Å². The quantitative estimate of drug-likeness (QED) is 0.686. The van der Waals surface area contributed by atoms with Crippen molar-refractivity contribution >= 4 is 16.8 Å². The molecule has 7 nitrogen and oxygen atoms in total. The first-order chi connectivity index (χ1) is 13.6. The van der Waals surface area contributed by atoms with Crippen molar-refractivity contribution in [3.63, 3.8) is 0 Å². The number of rotatable bonds is 6. The molecule has 0 saturated heterocycles. The van der Waals surface area contributed by atoms with Gasteiger partial charge in [0.2, 0.25) is 12.7 Å². The summed E-state index contributed by atoms with van der Waals surface area (Å²) >= 11 is 0. The Morgan fingerprint density at radius 2 is 2.00 bits per heavy atom. The van der Waals surface area contributed by atoms with Gasteiger partial charge in [0.15, 0.2) is 11.5 Å². The zero-order valence-electron chi connectivity index (χ0n) is 15.4. The molecule has 0 saturated carbocycles. The van der Waals surface area contributed by atoms with Crippen molar-refractivity contribution in [3.8, 4) is 17.2 Å². The lowest BCUT2D eigenvalue weighted by Gasteiger charge is -2.07. The van der Waals surface area contributed by atoms with E-state index in [-0.39, 0.29) is 24.7 Å². The molecule has 28 heavy (non-hydrogen) atoms. The normalized spacial score (nSPS) is 12.2. The number of carbonyl (C=O) groups excluding carboxylic acids is 1. The third-order valence-electron chi connectivity index (χ3n) is 4.68. The molecule has 1 amide bonds. The molecule has 3 aromatic rings. The van der Waals surface area contributed by atoms with E-state index in [1.165, 1.54) is 0 Å². The van der Waals surface area contributed by atoms with Crippen molar-refractivity contribution in [2.45, 2.75) is 19.4 Å². The lowest BCUT2D eigenvalue weighted by atomic mass is 10.1. The first-order valence-corrected chi connectivity index (χ1v) is 8.97. The summed E-state index contributed by atoms with van der Waals surface area (Å²) in [5.74, 6) is 1.99. The molecule has 144 valence electrons.